The Kier molecular flexibility index (Phi) is 3.25. The van der Waals surface area contributed by atoms with Crippen molar-refractivity contribution >= 4 is 11.6 Å². The number of anilines is 1. The van der Waals surface area contributed by atoms with Gasteiger partial charge < -0.3 is 4.90 Å². The zero-order valence-corrected chi connectivity index (χ0v) is 12.7. The Morgan fingerprint density at radius 2 is 1.73 bits per heavy atom. The van der Waals surface area contributed by atoms with E-state index >= 15 is 0 Å². The minimum Gasteiger partial charge on any atom is -0.356 e. The maximum absolute atomic E-state index is 4.70. The first-order valence-electron chi connectivity index (χ1n) is 7.86. The second-order valence-electron chi connectivity index (χ2n) is 5.82. The lowest BCUT2D eigenvalue weighted by atomic mass is 10.1. The Labute approximate surface area is 129 Å². The van der Waals surface area contributed by atoms with Crippen molar-refractivity contribution < 1.29 is 0 Å². The second kappa shape index (κ2) is 5.40. The molecule has 4 rings (SSSR count). The van der Waals surface area contributed by atoms with Crippen LogP contribution in [0.4, 0.5) is 5.82 Å². The van der Waals surface area contributed by atoms with Gasteiger partial charge in [-0.1, -0.05) is 30.3 Å². The standard InChI is InChI=1S/C17H19N5/c1-13-12-15(21-10-6-3-7-11-21)22-17(18-13)19-16(20-22)14-8-4-2-5-9-14/h2,4-5,8-9,12H,3,6-7,10-11H2,1H3. The van der Waals surface area contributed by atoms with Gasteiger partial charge in [0.15, 0.2) is 5.82 Å². The normalized spacial score (nSPS) is 15.4. The minimum absolute atomic E-state index is 0.680. The summed E-state index contributed by atoms with van der Waals surface area (Å²) in [4.78, 5) is 11.6. The fourth-order valence-corrected chi connectivity index (χ4v) is 3.03. The van der Waals surface area contributed by atoms with Gasteiger partial charge in [0, 0.05) is 30.4 Å². The van der Waals surface area contributed by atoms with E-state index in [1.54, 1.807) is 0 Å². The van der Waals surface area contributed by atoms with Crippen LogP contribution >= 0.6 is 0 Å². The van der Waals surface area contributed by atoms with Crippen molar-refractivity contribution in [1.82, 2.24) is 19.6 Å². The summed E-state index contributed by atoms with van der Waals surface area (Å²) in [5, 5.41) is 4.70. The van der Waals surface area contributed by atoms with Crippen LogP contribution < -0.4 is 4.90 Å². The third kappa shape index (κ3) is 2.32. The number of aryl methyl sites for hydroxylation is 1. The molecular formula is C17H19N5. The number of hydrogen-bond donors (Lipinski definition) is 0. The first-order valence-corrected chi connectivity index (χ1v) is 7.86. The summed E-state index contributed by atoms with van der Waals surface area (Å²) >= 11 is 0. The minimum atomic E-state index is 0.680. The van der Waals surface area contributed by atoms with Gasteiger partial charge in [0.1, 0.15) is 5.82 Å². The van der Waals surface area contributed by atoms with Crippen LogP contribution in [0, 0.1) is 6.92 Å². The third-order valence-corrected chi connectivity index (χ3v) is 4.13. The molecule has 1 saturated heterocycles. The van der Waals surface area contributed by atoms with Crippen LogP contribution in [0.3, 0.4) is 0 Å². The van der Waals surface area contributed by atoms with E-state index in [-0.39, 0.29) is 0 Å². The van der Waals surface area contributed by atoms with Crippen LogP contribution in [0.15, 0.2) is 36.4 Å². The van der Waals surface area contributed by atoms with E-state index < -0.39 is 0 Å². The van der Waals surface area contributed by atoms with E-state index in [0.29, 0.717) is 5.78 Å². The maximum Gasteiger partial charge on any atom is 0.254 e. The second-order valence-corrected chi connectivity index (χ2v) is 5.82. The molecule has 0 N–H and O–H groups in total. The van der Waals surface area contributed by atoms with Crippen LogP contribution in [0.2, 0.25) is 0 Å². The van der Waals surface area contributed by atoms with Gasteiger partial charge in [-0.3, -0.25) is 0 Å². The monoisotopic (exact) mass is 293 g/mol. The summed E-state index contributed by atoms with van der Waals surface area (Å²) in [5.41, 5.74) is 2.01. The molecule has 1 aliphatic rings. The van der Waals surface area contributed by atoms with Crippen LogP contribution in [-0.2, 0) is 0 Å². The Bertz CT molecular complexity index is 787. The Morgan fingerprint density at radius 3 is 2.50 bits per heavy atom. The summed E-state index contributed by atoms with van der Waals surface area (Å²) in [5.74, 6) is 2.52. The number of piperidine rings is 1. The van der Waals surface area contributed by atoms with Gasteiger partial charge in [-0.25, -0.2) is 4.98 Å². The Hall–Kier alpha value is -2.43. The smallest absolute Gasteiger partial charge is 0.254 e. The van der Waals surface area contributed by atoms with Crippen molar-refractivity contribution in [1.29, 1.82) is 0 Å². The molecule has 0 bridgehead atoms. The summed E-state index contributed by atoms with van der Waals surface area (Å²) in [6.07, 6.45) is 3.79. The predicted octanol–water partition coefficient (Wildman–Crippen LogP) is 3.09. The highest BCUT2D eigenvalue weighted by molar-refractivity contribution is 5.58. The highest BCUT2D eigenvalue weighted by Gasteiger charge is 2.17. The van der Waals surface area contributed by atoms with Crippen molar-refractivity contribution in [3.63, 3.8) is 0 Å². The zero-order chi connectivity index (χ0) is 14.9. The van der Waals surface area contributed by atoms with Crippen molar-refractivity contribution in [3.8, 4) is 11.4 Å². The molecule has 0 aliphatic carbocycles. The van der Waals surface area contributed by atoms with Crippen LogP contribution in [0.1, 0.15) is 25.0 Å². The van der Waals surface area contributed by atoms with E-state index in [1.165, 1.54) is 19.3 Å². The average Bonchev–Trinajstić information content (AvgIpc) is 2.99. The van der Waals surface area contributed by atoms with E-state index in [1.807, 2.05) is 41.8 Å². The number of benzene rings is 1. The lowest BCUT2D eigenvalue weighted by Gasteiger charge is -2.28. The lowest BCUT2D eigenvalue weighted by molar-refractivity contribution is 0.568. The van der Waals surface area contributed by atoms with E-state index in [4.69, 9.17) is 5.10 Å². The fourth-order valence-electron chi connectivity index (χ4n) is 3.03. The van der Waals surface area contributed by atoms with Gasteiger partial charge >= 0.3 is 0 Å². The van der Waals surface area contributed by atoms with Crippen molar-refractivity contribution in [3.05, 3.63) is 42.1 Å². The predicted molar refractivity (Wildman–Crippen MR) is 87.0 cm³/mol. The molecule has 0 unspecified atom stereocenters. The number of nitrogens with zero attached hydrogens (tertiary/aromatic N) is 5. The topological polar surface area (TPSA) is 46.3 Å². The fraction of sp³-hybridized carbons (Fsp3) is 0.353. The van der Waals surface area contributed by atoms with Gasteiger partial charge in [-0.05, 0) is 26.2 Å². The molecule has 5 heteroatoms. The van der Waals surface area contributed by atoms with Gasteiger partial charge in [0.05, 0.1) is 0 Å². The van der Waals surface area contributed by atoms with Crippen molar-refractivity contribution in [2.75, 3.05) is 18.0 Å². The van der Waals surface area contributed by atoms with Crippen LogP contribution in [0.25, 0.3) is 17.2 Å². The maximum atomic E-state index is 4.70. The first-order chi connectivity index (χ1) is 10.8. The van der Waals surface area contributed by atoms with Gasteiger partial charge in [-0.2, -0.15) is 9.50 Å². The molecule has 0 atom stereocenters. The van der Waals surface area contributed by atoms with Crippen molar-refractivity contribution in [2.24, 2.45) is 0 Å². The number of aromatic nitrogens is 4. The van der Waals surface area contributed by atoms with E-state index in [2.05, 4.69) is 20.9 Å². The van der Waals surface area contributed by atoms with Gasteiger partial charge in [-0.15, -0.1) is 5.10 Å². The first kappa shape index (κ1) is 13.2. The Morgan fingerprint density at radius 1 is 0.955 bits per heavy atom. The van der Waals surface area contributed by atoms with E-state index in [0.717, 1.165) is 36.0 Å². The lowest BCUT2D eigenvalue weighted by Crippen LogP contribution is -2.31. The molecule has 0 saturated carbocycles. The highest BCUT2D eigenvalue weighted by Crippen LogP contribution is 2.23. The number of hydrogen-bond acceptors (Lipinski definition) is 4. The number of rotatable bonds is 2. The summed E-state index contributed by atoms with van der Waals surface area (Å²) in [7, 11) is 0. The quantitative estimate of drug-likeness (QED) is 0.728. The molecule has 3 heterocycles. The molecule has 22 heavy (non-hydrogen) atoms. The molecule has 1 fully saturated rings. The van der Waals surface area contributed by atoms with Crippen molar-refractivity contribution in [2.45, 2.75) is 26.2 Å². The zero-order valence-electron chi connectivity index (χ0n) is 12.7. The molecule has 5 nitrogen and oxygen atoms in total. The molecule has 1 aliphatic heterocycles. The number of fused-ring (bicyclic) bond motifs is 1. The molecule has 1 aromatic carbocycles. The molecule has 0 radical (unpaired) electrons. The summed E-state index contributed by atoms with van der Waals surface area (Å²) in [6.45, 7) is 4.18. The molecule has 0 spiro atoms. The van der Waals surface area contributed by atoms with Crippen LogP contribution in [-0.4, -0.2) is 32.7 Å². The summed E-state index contributed by atoms with van der Waals surface area (Å²) in [6, 6.07) is 12.2. The SMILES string of the molecule is Cc1cc(N2CCCCC2)n2nc(-c3ccccc3)nc2n1. The third-order valence-electron chi connectivity index (χ3n) is 4.13. The molecule has 0 amide bonds. The van der Waals surface area contributed by atoms with Gasteiger partial charge in [0.25, 0.3) is 5.78 Å². The van der Waals surface area contributed by atoms with Gasteiger partial charge in [0.2, 0.25) is 0 Å². The molecular weight excluding hydrogens is 274 g/mol. The Balaban J connectivity index is 1.84. The molecule has 2 aromatic heterocycles. The van der Waals surface area contributed by atoms with Crippen LogP contribution in [0.5, 0.6) is 0 Å². The highest BCUT2D eigenvalue weighted by atomic mass is 15.4. The van der Waals surface area contributed by atoms with E-state index in [9.17, 15) is 0 Å². The average molecular weight is 293 g/mol. The largest absolute Gasteiger partial charge is 0.356 e. The summed E-state index contributed by atoms with van der Waals surface area (Å²) < 4.78 is 1.89. The molecule has 112 valence electrons. The molecule has 3 aromatic rings.